The van der Waals surface area contributed by atoms with Gasteiger partial charge in [0.25, 0.3) is 0 Å². The molecule has 0 radical (unpaired) electrons. The lowest BCUT2D eigenvalue weighted by molar-refractivity contribution is -0.137. The normalized spacial score (nSPS) is 11.5. The molecule has 0 N–H and O–H groups in total. The standard InChI is InChI=1S/C26H20F3NO2/c1-17-5-8-21(25-30-11-12-32-25)16-24(17)20-9-6-18(7-10-20)14-23(31)15-19-3-2-4-22(13-19)26(27,28)29/h2-13,16H,14-15H2,1H3. The van der Waals surface area contributed by atoms with Crippen molar-refractivity contribution >= 4 is 5.78 Å². The number of carbonyl (C=O) groups excluding carboxylic acids is 1. The van der Waals surface area contributed by atoms with Crippen molar-refractivity contribution in [1.82, 2.24) is 4.98 Å². The summed E-state index contributed by atoms with van der Waals surface area (Å²) in [5, 5.41) is 0. The Balaban J connectivity index is 1.47. The average Bonchev–Trinajstić information content (AvgIpc) is 3.29. The highest BCUT2D eigenvalue weighted by atomic mass is 19.4. The van der Waals surface area contributed by atoms with Gasteiger partial charge in [-0.15, -0.1) is 0 Å². The third-order valence-corrected chi connectivity index (χ3v) is 5.24. The Kier molecular flexibility index (Phi) is 5.95. The smallest absolute Gasteiger partial charge is 0.416 e. The van der Waals surface area contributed by atoms with Crippen LogP contribution in [0.5, 0.6) is 0 Å². The summed E-state index contributed by atoms with van der Waals surface area (Å²) in [5.41, 5.74) is 4.42. The molecule has 3 nitrogen and oxygen atoms in total. The van der Waals surface area contributed by atoms with E-state index < -0.39 is 11.7 Å². The first-order valence-electron chi connectivity index (χ1n) is 10.1. The highest BCUT2D eigenvalue weighted by Gasteiger charge is 2.30. The van der Waals surface area contributed by atoms with Gasteiger partial charge in [-0.05, 0) is 52.9 Å². The Labute approximate surface area is 183 Å². The maximum atomic E-state index is 12.9. The van der Waals surface area contributed by atoms with Crippen molar-refractivity contribution in [2.45, 2.75) is 25.9 Å². The van der Waals surface area contributed by atoms with Gasteiger partial charge in [-0.3, -0.25) is 4.79 Å². The van der Waals surface area contributed by atoms with Crippen LogP contribution in [-0.2, 0) is 23.8 Å². The van der Waals surface area contributed by atoms with E-state index in [2.05, 4.69) is 4.98 Å². The van der Waals surface area contributed by atoms with Crippen molar-refractivity contribution in [3.8, 4) is 22.6 Å². The van der Waals surface area contributed by atoms with Crippen LogP contribution in [0, 0.1) is 6.92 Å². The SMILES string of the molecule is Cc1ccc(-c2ncco2)cc1-c1ccc(CC(=O)Cc2cccc(C(F)(F)F)c2)cc1. The number of nitrogens with zero attached hydrogens (tertiary/aromatic N) is 1. The van der Waals surface area contributed by atoms with Crippen molar-refractivity contribution < 1.29 is 22.4 Å². The minimum absolute atomic E-state index is 0.0387. The largest absolute Gasteiger partial charge is 0.445 e. The molecule has 4 rings (SSSR count). The Morgan fingerprint density at radius 2 is 1.62 bits per heavy atom. The predicted molar refractivity (Wildman–Crippen MR) is 116 cm³/mol. The maximum absolute atomic E-state index is 12.9. The molecule has 0 spiro atoms. The van der Waals surface area contributed by atoms with Crippen LogP contribution in [0.4, 0.5) is 13.2 Å². The number of rotatable bonds is 6. The fourth-order valence-corrected chi connectivity index (χ4v) is 3.61. The molecular weight excluding hydrogens is 415 g/mol. The lowest BCUT2D eigenvalue weighted by Crippen LogP contribution is -2.09. The van der Waals surface area contributed by atoms with E-state index >= 15 is 0 Å². The van der Waals surface area contributed by atoms with Crippen LogP contribution in [-0.4, -0.2) is 10.8 Å². The van der Waals surface area contributed by atoms with Crippen molar-refractivity contribution in [1.29, 1.82) is 0 Å². The van der Waals surface area contributed by atoms with Gasteiger partial charge in [-0.2, -0.15) is 13.2 Å². The lowest BCUT2D eigenvalue weighted by atomic mass is 9.95. The van der Waals surface area contributed by atoms with E-state index in [1.165, 1.54) is 12.3 Å². The van der Waals surface area contributed by atoms with Gasteiger partial charge in [0.05, 0.1) is 11.8 Å². The van der Waals surface area contributed by atoms with E-state index in [1.54, 1.807) is 12.3 Å². The van der Waals surface area contributed by atoms with E-state index in [1.807, 2.05) is 49.4 Å². The Hall–Kier alpha value is -3.67. The first-order valence-corrected chi connectivity index (χ1v) is 10.1. The lowest BCUT2D eigenvalue weighted by Gasteiger charge is -2.10. The molecule has 3 aromatic carbocycles. The van der Waals surface area contributed by atoms with Crippen LogP contribution in [0.2, 0.25) is 0 Å². The molecule has 0 aliphatic rings. The van der Waals surface area contributed by atoms with Gasteiger partial charge in [0.2, 0.25) is 5.89 Å². The Morgan fingerprint density at radius 1 is 0.906 bits per heavy atom. The molecule has 0 aliphatic carbocycles. The third-order valence-electron chi connectivity index (χ3n) is 5.24. The second-order valence-corrected chi connectivity index (χ2v) is 7.65. The monoisotopic (exact) mass is 435 g/mol. The number of hydrogen-bond donors (Lipinski definition) is 0. The second-order valence-electron chi connectivity index (χ2n) is 7.65. The van der Waals surface area contributed by atoms with E-state index in [4.69, 9.17) is 4.42 Å². The van der Waals surface area contributed by atoms with Crippen molar-refractivity contribution in [3.63, 3.8) is 0 Å². The van der Waals surface area contributed by atoms with E-state index in [9.17, 15) is 18.0 Å². The average molecular weight is 435 g/mol. The number of aromatic nitrogens is 1. The minimum Gasteiger partial charge on any atom is -0.445 e. The molecule has 0 saturated heterocycles. The second kappa shape index (κ2) is 8.83. The number of ketones is 1. The molecule has 4 aromatic rings. The Bertz CT molecular complexity index is 1230. The first-order chi connectivity index (χ1) is 15.3. The number of hydrogen-bond acceptors (Lipinski definition) is 3. The molecule has 0 bridgehead atoms. The number of alkyl halides is 3. The Morgan fingerprint density at radius 3 is 2.31 bits per heavy atom. The summed E-state index contributed by atoms with van der Waals surface area (Å²) in [6.45, 7) is 2.02. The fraction of sp³-hybridized carbons (Fsp3) is 0.154. The number of carbonyl (C=O) groups is 1. The summed E-state index contributed by atoms with van der Waals surface area (Å²) in [6.07, 6.45) is -1.17. The van der Waals surface area contributed by atoms with Crippen molar-refractivity contribution in [3.05, 3.63) is 101 Å². The van der Waals surface area contributed by atoms with Gasteiger partial charge in [-0.25, -0.2) is 4.98 Å². The zero-order valence-corrected chi connectivity index (χ0v) is 17.3. The topological polar surface area (TPSA) is 43.1 Å². The molecule has 0 atom stereocenters. The van der Waals surface area contributed by atoms with Gasteiger partial charge in [0, 0.05) is 18.4 Å². The van der Waals surface area contributed by atoms with E-state index in [0.717, 1.165) is 39.9 Å². The maximum Gasteiger partial charge on any atom is 0.416 e. The number of Topliss-reactive ketones (excluding diaryl/α,β-unsaturated/α-hetero) is 1. The fourth-order valence-electron chi connectivity index (χ4n) is 3.61. The summed E-state index contributed by atoms with van der Waals surface area (Å²) >= 11 is 0. The van der Waals surface area contributed by atoms with Gasteiger partial charge in [0.1, 0.15) is 12.0 Å². The van der Waals surface area contributed by atoms with Gasteiger partial charge >= 0.3 is 6.18 Å². The van der Waals surface area contributed by atoms with Gasteiger partial charge in [-0.1, -0.05) is 48.5 Å². The predicted octanol–water partition coefficient (Wildman–Crippen LogP) is 6.69. The number of benzene rings is 3. The van der Waals surface area contributed by atoms with Crippen LogP contribution in [0.1, 0.15) is 22.3 Å². The van der Waals surface area contributed by atoms with Gasteiger partial charge < -0.3 is 4.42 Å². The molecule has 0 saturated carbocycles. The summed E-state index contributed by atoms with van der Waals surface area (Å²) in [7, 11) is 0. The van der Waals surface area contributed by atoms with E-state index in [-0.39, 0.29) is 18.6 Å². The number of aryl methyl sites for hydroxylation is 1. The molecule has 0 fully saturated rings. The van der Waals surface area contributed by atoms with Crippen LogP contribution in [0.15, 0.2) is 83.6 Å². The molecule has 6 heteroatoms. The third kappa shape index (κ3) is 4.97. The van der Waals surface area contributed by atoms with Gasteiger partial charge in [0.15, 0.2) is 0 Å². The van der Waals surface area contributed by atoms with Crippen molar-refractivity contribution in [2.24, 2.45) is 0 Å². The molecule has 1 heterocycles. The number of halogens is 3. The zero-order chi connectivity index (χ0) is 22.7. The molecule has 0 unspecified atom stereocenters. The molecule has 0 aliphatic heterocycles. The highest BCUT2D eigenvalue weighted by molar-refractivity contribution is 5.83. The minimum atomic E-state index is -4.42. The summed E-state index contributed by atoms with van der Waals surface area (Å²) in [4.78, 5) is 16.6. The van der Waals surface area contributed by atoms with Crippen LogP contribution in [0.3, 0.4) is 0 Å². The molecule has 1 aromatic heterocycles. The quantitative estimate of drug-likeness (QED) is 0.339. The van der Waals surface area contributed by atoms with E-state index in [0.29, 0.717) is 11.5 Å². The summed E-state index contributed by atoms with van der Waals surface area (Å²) < 4.78 is 44.0. The first kappa shape index (κ1) is 21.6. The van der Waals surface area contributed by atoms with Crippen LogP contribution >= 0.6 is 0 Å². The summed E-state index contributed by atoms with van der Waals surface area (Å²) in [5.74, 6) is 0.405. The molecule has 32 heavy (non-hydrogen) atoms. The highest BCUT2D eigenvalue weighted by Crippen LogP contribution is 2.30. The molecule has 0 amide bonds. The van der Waals surface area contributed by atoms with Crippen LogP contribution in [0.25, 0.3) is 22.6 Å². The molecular formula is C26H20F3NO2. The number of oxazole rings is 1. The molecule has 162 valence electrons. The summed E-state index contributed by atoms with van der Waals surface area (Å²) in [6, 6.07) is 18.5. The van der Waals surface area contributed by atoms with Crippen LogP contribution < -0.4 is 0 Å². The van der Waals surface area contributed by atoms with Crippen molar-refractivity contribution in [2.75, 3.05) is 0 Å². The zero-order valence-electron chi connectivity index (χ0n) is 17.3.